The molecule has 4 fully saturated rings. The van der Waals surface area contributed by atoms with E-state index in [1.165, 1.54) is 7.11 Å². The molecule has 0 aromatic carbocycles. The number of hydrogen-bond donors (Lipinski definition) is 3. The molecule has 0 spiro atoms. The van der Waals surface area contributed by atoms with Crippen molar-refractivity contribution in [1.82, 2.24) is 15.1 Å². The Bertz CT molecular complexity index is 1470. The van der Waals surface area contributed by atoms with E-state index < -0.39 is 102 Å². The molecule has 17 nitrogen and oxygen atoms in total. The summed E-state index contributed by atoms with van der Waals surface area (Å²) in [6, 6.07) is -0.659. The van der Waals surface area contributed by atoms with Crippen LogP contribution < -0.4 is 5.32 Å². The Morgan fingerprint density at radius 2 is 1.65 bits per heavy atom. The van der Waals surface area contributed by atoms with E-state index in [2.05, 4.69) is 12.2 Å². The van der Waals surface area contributed by atoms with Crippen LogP contribution in [0.5, 0.6) is 0 Å². The summed E-state index contributed by atoms with van der Waals surface area (Å²) >= 11 is 0. The van der Waals surface area contributed by atoms with Crippen molar-refractivity contribution in [1.29, 1.82) is 0 Å². The van der Waals surface area contributed by atoms with Crippen molar-refractivity contribution in [2.45, 2.75) is 211 Å². The van der Waals surface area contributed by atoms with Gasteiger partial charge in [0.05, 0.1) is 35.9 Å². The highest BCUT2D eigenvalue weighted by Gasteiger charge is 2.58. The van der Waals surface area contributed by atoms with E-state index in [9.17, 15) is 24.6 Å². The minimum absolute atomic E-state index is 0.104. The zero-order valence-corrected chi connectivity index (χ0v) is 40.2. The van der Waals surface area contributed by atoms with Crippen LogP contribution in [0.2, 0.25) is 0 Å². The molecule has 0 aromatic heterocycles. The molecule has 3 N–H and O–H groups in total. The topological polar surface area (TPSA) is 193 Å². The van der Waals surface area contributed by atoms with Crippen molar-refractivity contribution in [2.75, 3.05) is 41.3 Å². The van der Waals surface area contributed by atoms with Gasteiger partial charge >= 0.3 is 18.2 Å². The van der Waals surface area contributed by atoms with Gasteiger partial charge in [-0.3, -0.25) is 9.69 Å². The van der Waals surface area contributed by atoms with E-state index in [0.717, 1.165) is 19.3 Å². The number of ether oxygens (including phenoxy) is 9. The minimum Gasteiger partial charge on any atom is -0.458 e. The molecule has 0 unspecified atom stereocenters. The summed E-state index contributed by atoms with van der Waals surface area (Å²) in [5, 5.41) is 27.3. The maximum Gasteiger partial charge on any atom is 0.509 e. The number of hydrogen-bond acceptors (Lipinski definition) is 16. The molecule has 17 heteroatoms. The van der Waals surface area contributed by atoms with Crippen molar-refractivity contribution in [3.05, 3.63) is 0 Å². The molecule has 4 rings (SSSR count). The molecule has 1 amide bonds. The van der Waals surface area contributed by atoms with Gasteiger partial charge in [-0.2, -0.15) is 0 Å². The van der Waals surface area contributed by atoms with Crippen LogP contribution in [0.25, 0.3) is 0 Å². The molecule has 0 radical (unpaired) electrons. The first-order chi connectivity index (χ1) is 28.9. The van der Waals surface area contributed by atoms with Crippen LogP contribution in [-0.2, 0) is 47.4 Å². The number of carbonyl (C=O) groups excluding carboxylic acids is 3. The fourth-order valence-electron chi connectivity index (χ4n) is 10.3. The maximum absolute atomic E-state index is 14.7. The van der Waals surface area contributed by atoms with Gasteiger partial charge in [-0.15, -0.1) is 0 Å². The van der Waals surface area contributed by atoms with Gasteiger partial charge in [0, 0.05) is 44.6 Å². The normalized spacial score (nSPS) is 44.0. The number of methoxy groups -OCH3 is 1. The van der Waals surface area contributed by atoms with Crippen LogP contribution in [0, 0.1) is 17.8 Å². The van der Waals surface area contributed by atoms with Crippen molar-refractivity contribution in [2.24, 2.45) is 17.8 Å². The largest absolute Gasteiger partial charge is 0.509 e. The van der Waals surface area contributed by atoms with Crippen molar-refractivity contribution in [3.8, 4) is 0 Å². The van der Waals surface area contributed by atoms with Crippen molar-refractivity contribution < 1.29 is 67.2 Å². The first-order valence-electron chi connectivity index (χ1n) is 22.9. The number of aliphatic hydroxyl groups excluding tert-OH is 1. The van der Waals surface area contributed by atoms with E-state index in [1.807, 2.05) is 72.5 Å². The Morgan fingerprint density at radius 1 is 0.968 bits per heavy atom. The van der Waals surface area contributed by atoms with Crippen molar-refractivity contribution >= 4 is 18.2 Å². The first kappa shape index (κ1) is 52.3. The van der Waals surface area contributed by atoms with E-state index in [-0.39, 0.29) is 36.9 Å². The lowest BCUT2D eigenvalue weighted by Gasteiger charge is -2.49. The fourth-order valence-corrected chi connectivity index (χ4v) is 10.3. The minimum atomic E-state index is -1.58. The Kier molecular flexibility index (Phi) is 18.3. The molecule has 4 aliphatic rings. The van der Waals surface area contributed by atoms with Crippen molar-refractivity contribution in [3.63, 3.8) is 0 Å². The number of unbranched alkanes of at least 4 members (excludes halogenated alkanes) is 2. The van der Waals surface area contributed by atoms with Gasteiger partial charge in [0.15, 0.2) is 30.4 Å². The second-order valence-electron chi connectivity index (χ2n) is 19.6. The Labute approximate surface area is 370 Å². The number of likely N-dealkylation sites (N-methyl/N-ethyl adjacent to an activating group) is 2. The molecule has 4 heterocycles. The van der Waals surface area contributed by atoms with Gasteiger partial charge in [0.1, 0.15) is 17.8 Å². The highest BCUT2D eigenvalue weighted by molar-refractivity contribution is 5.73. The van der Waals surface area contributed by atoms with Crippen LogP contribution in [0.15, 0.2) is 0 Å². The number of cyclic esters (lactones) is 1. The van der Waals surface area contributed by atoms with Gasteiger partial charge in [-0.1, -0.05) is 40.5 Å². The van der Waals surface area contributed by atoms with Crippen LogP contribution in [0.4, 0.5) is 9.59 Å². The molecule has 62 heavy (non-hydrogen) atoms. The summed E-state index contributed by atoms with van der Waals surface area (Å²) in [6.07, 6.45) is -6.17. The number of nitrogens with zero attached hydrogens (tertiary/aromatic N) is 2. The molecule has 0 aliphatic carbocycles. The van der Waals surface area contributed by atoms with Gasteiger partial charge in [-0.25, -0.2) is 9.59 Å². The monoisotopic (exact) mass is 888 g/mol. The fraction of sp³-hybridized carbons (Fsp3) is 0.933. The lowest BCUT2D eigenvalue weighted by atomic mass is 9.77. The third-order valence-electron chi connectivity index (χ3n) is 13.9. The van der Waals surface area contributed by atoms with E-state index in [0.29, 0.717) is 25.9 Å². The summed E-state index contributed by atoms with van der Waals surface area (Å²) < 4.78 is 56.4. The molecule has 4 saturated heterocycles. The first-order valence-corrected chi connectivity index (χ1v) is 22.9. The molecule has 4 aliphatic heterocycles. The third-order valence-corrected chi connectivity index (χ3v) is 13.9. The molecule has 18 atom stereocenters. The number of aliphatic hydroxyl groups is 2. The SMILES string of the molecule is CCCCCNC(=O)O[C@H]1[C@H](C)O[C@@H](O[C@H]2[C@H](C)[C@@H](O[C@@H]3O[C@H](C)C[C@H](N(C)C)[C@H]3O)[C@@](C)(O)C[C@@H](C)CN(C)[C@H](C)[C@H]3OC(=O)O[C@]3(C)[C@@H](CC)OC(=O)[C@@H]2C)C[C@@]1(C)OC. The Hall–Kier alpha value is -2.35. The summed E-state index contributed by atoms with van der Waals surface area (Å²) in [5.41, 5.74) is -3.98. The zero-order valence-electron chi connectivity index (χ0n) is 40.2. The number of fused-ring (bicyclic) bond motifs is 1. The zero-order chi connectivity index (χ0) is 46.5. The molecule has 0 saturated carbocycles. The van der Waals surface area contributed by atoms with E-state index in [4.69, 9.17) is 42.6 Å². The smallest absolute Gasteiger partial charge is 0.458 e. The predicted octanol–water partition coefficient (Wildman–Crippen LogP) is 5.01. The van der Waals surface area contributed by atoms with E-state index in [1.54, 1.807) is 27.7 Å². The highest BCUT2D eigenvalue weighted by atomic mass is 16.8. The second kappa shape index (κ2) is 21.8. The molecule has 360 valence electrons. The maximum atomic E-state index is 14.7. The molecule has 0 bridgehead atoms. The standard InChI is InChI=1S/C45H81N3O14/c1-16-18-19-20-46-41(51)60-38-30(8)56-33(23-44(38,10)54-15)58-35-27(5)36(59-40-34(49)31(47(12)13)21-26(4)55-40)43(9,53)22-25(3)24-48(14)29(7)37-45(11,62-42(52)61-37)32(17-2)57-39(50)28(35)6/h25-38,40,49,53H,16-24H2,1-15H3,(H,46,51)/t25-,26-,27+,28-,29-,30+,31+,32-,33+,34-,35+,36-,37-,38+,40+,43+,44-,45-/m1/s1. The summed E-state index contributed by atoms with van der Waals surface area (Å²) in [7, 11) is 7.23. The average molecular weight is 888 g/mol. The number of amides is 1. The summed E-state index contributed by atoms with van der Waals surface area (Å²) in [4.78, 5) is 44.4. The number of carbonyl (C=O) groups is 3. The van der Waals surface area contributed by atoms with Gasteiger partial charge < -0.3 is 63.1 Å². The Morgan fingerprint density at radius 3 is 2.26 bits per heavy atom. The van der Waals surface area contributed by atoms with Gasteiger partial charge in [0.2, 0.25) is 0 Å². The van der Waals surface area contributed by atoms with Gasteiger partial charge in [0.25, 0.3) is 0 Å². The summed E-state index contributed by atoms with van der Waals surface area (Å²) in [6.45, 7) is 21.3. The van der Waals surface area contributed by atoms with Crippen LogP contribution in [0.1, 0.15) is 121 Å². The lowest BCUT2D eigenvalue weighted by molar-refractivity contribution is -0.317. The molecular formula is C45H81N3O14. The van der Waals surface area contributed by atoms with Crippen LogP contribution >= 0.6 is 0 Å². The predicted molar refractivity (Wildman–Crippen MR) is 229 cm³/mol. The number of alkyl carbamates (subject to hydrolysis) is 1. The van der Waals surface area contributed by atoms with E-state index >= 15 is 0 Å². The number of rotatable bonds is 12. The van der Waals surface area contributed by atoms with Crippen LogP contribution in [-0.4, -0.2) is 170 Å². The van der Waals surface area contributed by atoms with Crippen LogP contribution in [0.3, 0.4) is 0 Å². The third kappa shape index (κ3) is 12.1. The second-order valence-corrected chi connectivity index (χ2v) is 19.6. The quantitative estimate of drug-likeness (QED) is 0.135. The average Bonchev–Trinajstić information content (AvgIpc) is 3.51. The Balaban J connectivity index is 1.78. The number of esters is 1. The summed E-state index contributed by atoms with van der Waals surface area (Å²) in [5.74, 6) is -2.59. The van der Waals surface area contributed by atoms with Gasteiger partial charge in [-0.05, 0) is 101 Å². The molecule has 0 aromatic rings. The number of nitrogens with one attached hydrogen (secondary N) is 1. The molecular weight excluding hydrogens is 807 g/mol. The highest BCUT2D eigenvalue weighted by Crippen LogP contribution is 2.42. The lowest BCUT2D eigenvalue weighted by Crippen LogP contribution is -2.61.